The number of carbonyl (C=O) groups excluding carboxylic acids is 2. The van der Waals surface area contributed by atoms with Gasteiger partial charge in [0.05, 0.1) is 5.41 Å². The van der Waals surface area contributed by atoms with E-state index in [2.05, 4.69) is 18.3 Å². The van der Waals surface area contributed by atoms with E-state index in [1.165, 1.54) is 39.0 Å². The second kappa shape index (κ2) is 17.4. The van der Waals surface area contributed by atoms with Crippen LogP contribution in [0, 0.1) is 11.3 Å². The molecule has 0 bridgehead atoms. The van der Waals surface area contributed by atoms with E-state index >= 15 is 0 Å². The van der Waals surface area contributed by atoms with Crippen LogP contribution >= 0.6 is 0 Å². The summed E-state index contributed by atoms with van der Waals surface area (Å²) in [5.74, 6) is 2.78. The molecule has 0 radical (unpaired) electrons. The topological polar surface area (TPSA) is 102 Å². The SMILES string of the molecule is CCC(=C(c1ccc(OCOC(=O)C(C)(C)C)cc1)c1ccc(OCC(CNCC2CCCCC2)OC(C)=O)cc1)c1ccc2c(c1)OCO2. The van der Waals surface area contributed by atoms with E-state index in [0.29, 0.717) is 24.0 Å². The summed E-state index contributed by atoms with van der Waals surface area (Å²) >= 11 is 0. The number of allylic oxidation sites excluding steroid dienone is 1. The van der Waals surface area contributed by atoms with E-state index in [-0.39, 0.29) is 38.2 Å². The molecule has 1 heterocycles. The summed E-state index contributed by atoms with van der Waals surface area (Å²) in [5, 5.41) is 3.50. The van der Waals surface area contributed by atoms with Crippen LogP contribution in [0.25, 0.3) is 11.1 Å². The molecule has 1 N–H and O–H groups in total. The van der Waals surface area contributed by atoms with Crippen molar-refractivity contribution in [2.45, 2.75) is 79.2 Å². The quantitative estimate of drug-likeness (QED) is 0.0964. The Bertz CT molecular complexity index is 1600. The first-order valence-electron chi connectivity index (χ1n) is 17.8. The Morgan fingerprint density at radius 3 is 2.08 bits per heavy atom. The van der Waals surface area contributed by atoms with Crippen LogP contribution in [0.4, 0.5) is 0 Å². The van der Waals surface area contributed by atoms with Gasteiger partial charge in [-0.25, -0.2) is 0 Å². The molecule has 0 saturated heterocycles. The van der Waals surface area contributed by atoms with E-state index in [9.17, 15) is 9.59 Å². The fourth-order valence-electron chi connectivity index (χ4n) is 6.33. The van der Waals surface area contributed by atoms with Crippen molar-refractivity contribution < 1.29 is 38.0 Å². The predicted molar refractivity (Wildman–Crippen MR) is 193 cm³/mol. The summed E-state index contributed by atoms with van der Waals surface area (Å²) in [6.07, 6.45) is 6.80. The van der Waals surface area contributed by atoms with Gasteiger partial charge in [-0.1, -0.05) is 56.5 Å². The third kappa shape index (κ3) is 10.3. The van der Waals surface area contributed by atoms with Gasteiger partial charge in [0.2, 0.25) is 13.6 Å². The summed E-state index contributed by atoms with van der Waals surface area (Å²) in [7, 11) is 0. The number of nitrogens with one attached hydrogen (secondary N) is 1. The molecule has 2 aliphatic rings. The van der Waals surface area contributed by atoms with Gasteiger partial charge in [-0.05, 0) is 117 Å². The maximum atomic E-state index is 12.1. The average Bonchev–Trinajstić information content (AvgIpc) is 3.58. The van der Waals surface area contributed by atoms with Crippen LogP contribution in [-0.2, 0) is 19.1 Å². The van der Waals surface area contributed by atoms with Crippen LogP contribution in [0.5, 0.6) is 23.0 Å². The molecule has 0 aromatic heterocycles. The second-order valence-electron chi connectivity index (χ2n) is 14.0. The van der Waals surface area contributed by atoms with Gasteiger partial charge in [-0.2, -0.15) is 0 Å². The smallest absolute Gasteiger partial charge is 0.314 e. The lowest BCUT2D eigenvalue weighted by atomic mass is 9.88. The van der Waals surface area contributed by atoms with Gasteiger partial charge in [0.1, 0.15) is 24.2 Å². The number of esters is 2. The van der Waals surface area contributed by atoms with Crippen molar-refractivity contribution in [2.75, 3.05) is 33.3 Å². The van der Waals surface area contributed by atoms with Crippen molar-refractivity contribution in [3.8, 4) is 23.0 Å². The molecule has 9 nitrogen and oxygen atoms in total. The molecule has 9 heteroatoms. The predicted octanol–water partition coefficient (Wildman–Crippen LogP) is 8.19. The van der Waals surface area contributed by atoms with Crippen molar-refractivity contribution in [3.63, 3.8) is 0 Å². The number of hydrogen-bond acceptors (Lipinski definition) is 9. The van der Waals surface area contributed by atoms with Gasteiger partial charge in [-0.15, -0.1) is 0 Å². The minimum atomic E-state index is -0.603. The lowest BCUT2D eigenvalue weighted by Gasteiger charge is -2.24. The molecule has 1 aliphatic carbocycles. The summed E-state index contributed by atoms with van der Waals surface area (Å²) in [6.45, 7) is 10.8. The molecule has 1 aliphatic heterocycles. The molecule has 50 heavy (non-hydrogen) atoms. The normalized spacial score (nSPS) is 15.5. The van der Waals surface area contributed by atoms with Gasteiger partial charge in [0.15, 0.2) is 11.5 Å². The van der Waals surface area contributed by atoms with Gasteiger partial charge in [-0.3, -0.25) is 9.59 Å². The van der Waals surface area contributed by atoms with Gasteiger partial charge < -0.3 is 33.7 Å². The summed E-state index contributed by atoms with van der Waals surface area (Å²) < 4.78 is 34.0. The molecule has 1 saturated carbocycles. The number of ether oxygens (including phenoxy) is 6. The van der Waals surface area contributed by atoms with Gasteiger partial charge in [0, 0.05) is 13.5 Å². The first-order chi connectivity index (χ1) is 24.1. The Labute approximate surface area is 296 Å². The third-order valence-electron chi connectivity index (χ3n) is 8.99. The van der Waals surface area contributed by atoms with Crippen molar-refractivity contribution in [2.24, 2.45) is 11.3 Å². The van der Waals surface area contributed by atoms with Gasteiger partial charge in [0.25, 0.3) is 0 Å². The molecule has 0 spiro atoms. The third-order valence-corrected chi connectivity index (χ3v) is 8.99. The molecular formula is C41H51NO8. The van der Waals surface area contributed by atoms with E-state index in [4.69, 9.17) is 28.4 Å². The number of fused-ring (bicyclic) bond motifs is 1. The van der Waals surface area contributed by atoms with Crippen LogP contribution in [0.2, 0.25) is 0 Å². The average molecular weight is 686 g/mol. The maximum Gasteiger partial charge on any atom is 0.314 e. The van der Waals surface area contributed by atoms with Crippen molar-refractivity contribution in [1.29, 1.82) is 0 Å². The van der Waals surface area contributed by atoms with E-state index in [1.54, 1.807) is 20.8 Å². The van der Waals surface area contributed by atoms with Crippen molar-refractivity contribution >= 4 is 23.1 Å². The Kier molecular flexibility index (Phi) is 12.8. The number of benzene rings is 3. The molecule has 1 fully saturated rings. The second-order valence-corrected chi connectivity index (χ2v) is 14.0. The Morgan fingerprint density at radius 1 is 0.840 bits per heavy atom. The molecule has 268 valence electrons. The zero-order chi connectivity index (χ0) is 35.5. The van der Waals surface area contributed by atoms with Crippen molar-refractivity contribution in [3.05, 3.63) is 83.4 Å². The lowest BCUT2D eigenvalue weighted by Crippen LogP contribution is -2.37. The minimum Gasteiger partial charge on any atom is -0.490 e. The highest BCUT2D eigenvalue weighted by Crippen LogP contribution is 2.40. The van der Waals surface area contributed by atoms with Crippen LogP contribution in [-0.4, -0.2) is 51.3 Å². The van der Waals surface area contributed by atoms with Crippen LogP contribution < -0.4 is 24.3 Å². The molecule has 3 aromatic carbocycles. The molecule has 3 aromatic rings. The zero-order valence-corrected chi connectivity index (χ0v) is 30.0. The first-order valence-corrected chi connectivity index (χ1v) is 17.8. The standard InChI is InChI=1S/C41H51NO8/c1-6-36(32-16-21-37-38(22-32)48-27-47-37)39(31-14-19-34(20-15-31)46-26-49-40(44)41(3,4)5)30-12-17-33(18-13-30)45-25-35(50-28(2)43)24-42-23-29-10-8-7-9-11-29/h12-22,29,35,42H,6-11,23-27H2,1-5H3. The molecule has 1 unspecified atom stereocenters. The van der Waals surface area contributed by atoms with E-state index in [1.807, 2.05) is 60.7 Å². The molecule has 1 atom stereocenters. The minimum absolute atomic E-state index is 0.161. The monoisotopic (exact) mass is 685 g/mol. The highest BCUT2D eigenvalue weighted by atomic mass is 16.7. The van der Waals surface area contributed by atoms with Crippen LogP contribution in [0.1, 0.15) is 89.8 Å². The fraction of sp³-hybridized carbons (Fsp3) is 0.463. The van der Waals surface area contributed by atoms with Crippen LogP contribution in [0.3, 0.4) is 0 Å². The van der Waals surface area contributed by atoms with E-state index < -0.39 is 5.41 Å². The number of rotatable bonds is 15. The summed E-state index contributed by atoms with van der Waals surface area (Å²) in [5.41, 5.74) is 4.61. The number of carbonyl (C=O) groups is 2. The highest BCUT2D eigenvalue weighted by molar-refractivity contribution is 5.99. The Morgan fingerprint density at radius 2 is 1.46 bits per heavy atom. The summed E-state index contributed by atoms with van der Waals surface area (Å²) in [6, 6.07) is 21.8. The van der Waals surface area contributed by atoms with Gasteiger partial charge >= 0.3 is 11.9 Å². The first kappa shape index (κ1) is 36.8. The highest BCUT2D eigenvalue weighted by Gasteiger charge is 2.23. The largest absolute Gasteiger partial charge is 0.490 e. The number of hydrogen-bond donors (Lipinski definition) is 1. The molecule has 0 amide bonds. The summed E-state index contributed by atoms with van der Waals surface area (Å²) in [4.78, 5) is 24.0. The molecule has 5 rings (SSSR count). The zero-order valence-electron chi connectivity index (χ0n) is 30.0. The van der Waals surface area contributed by atoms with Crippen LogP contribution in [0.15, 0.2) is 66.7 Å². The Hall–Kier alpha value is -4.50. The van der Waals surface area contributed by atoms with Crippen molar-refractivity contribution in [1.82, 2.24) is 5.32 Å². The van der Waals surface area contributed by atoms with E-state index in [0.717, 1.165) is 52.3 Å². The maximum absolute atomic E-state index is 12.1. The Balaban J connectivity index is 1.33. The molecular weight excluding hydrogens is 634 g/mol. The lowest BCUT2D eigenvalue weighted by molar-refractivity contribution is -0.159. The fourth-order valence-corrected chi connectivity index (χ4v) is 6.33.